The van der Waals surface area contributed by atoms with Crippen LogP contribution in [0.25, 0.3) is 0 Å². The molecule has 3 aliphatic heterocycles. The van der Waals surface area contributed by atoms with Gasteiger partial charge in [0.25, 0.3) is 0 Å². The van der Waals surface area contributed by atoms with Gasteiger partial charge in [0, 0.05) is 19.8 Å². The van der Waals surface area contributed by atoms with Crippen molar-refractivity contribution in [1.29, 1.82) is 0 Å². The quantitative estimate of drug-likeness (QED) is 0.427. The van der Waals surface area contributed by atoms with Gasteiger partial charge >= 0.3 is 9.14 Å². The third-order valence-electron chi connectivity index (χ3n) is 2.40. The van der Waals surface area contributed by atoms with Crippen molar-refractivity contribution in [1.82, 2.24) is 0 Å². The Labute approximate surface area is 72.3 Å². The molecule has 0 amide bonds. The number of fused-ring (bicyclic) bond motifs is 6. The van der Waals surface area contributed by atoms with E-state index >= 15 is 0 Å². The summed E-state index contributed by atoms with van der Waals surface area (Å²) in [6.07, 6.45) is 2.85. The Balaban J connectivity index is 2.06. The van der Waals surface area contributed by atoms with E-state index in [1.54, 1.807) is 0 Å². The van der Waals surface area contributed by atoms with Crippen LogP contribution in [-0.4, -0.2) is 29.0 Å². The first-order valence-electron chi connectivity index (χ1n) is 4.39. The first kappa shape index (κ1) is 8.62. The molecule has 70 valence electrons. The molecular weight excluding hydrogens is 179 g/mol. The molecule has 0 aliphatic carbocycles. The second-order valence-corrected chi connectivity index (χ2v) is 5.09. The van der Waals surface area contributed by atoms with Gasteiger partial charge < -0.3 is 13.3 Å². The molecule has 0 saturated carbocycles. The predicted molar refractivity (Wildman–Crippen MR) is 42.1 cm³/mol. The Hall–Kier alpha value is 0.0269. The van der Waals surface area contributed by atoms with Crippen LogP contribution >= 0.6 is 0 Å². The number of rotatable bonds is 0. The fourth-order valence-electron chi connectivity index (χ4n) is 1.60. The molecule has 3 heterocycles. The van der Waals surface area contributed by atoms with Crippen LogP contribution in [-0.2, 0) is 13.3 Å². The Morgan fingerprint density at radius 1 is 0.917 bits per heavy atom. The fourth-order valence-corrected chi connectivity index (χ4v) is 2.94. The Bertz CT molecular complexity index is 140. The zero-order valence-corrected chi connectivity index (χ0v) is 7.92. The molecule has 0 aromatic heterocycles. The number of hydrogen-bond donors (Lipinski definition) is 0. The van der Waals surface area contributed by atoms with Crippen molar-refractivity contribution in [2.24, 2.45) is 5.92 Å². The van der Waals surface area contributed by atoms with Gasteiger partial charge in [-0.05, 0) is 25.2 Å². The first-order chi connectivity index (χ1) is 5.79. The molecule has 3 saturated heterocycles. The lowest BCUT2D eigenvalue weighted by Gasteiger charge is -2.30. The van der Waals surface area contributed by atoms with Crippen LogP contribution in [0.2, 0.25) is 0 Å². The Morgan fingerprint density at radius 3 is 1.75 bits per heavy atom. The van der Waals surface area contributed by atoms with Crippen molar-refractivity contribution in [2.45, 2.75) is 19.3 Å². The molecule has 0 spiro atoms. The highest BCUT2D eigenvalue weighted by molar-refractivity contribution is 6.52. The minimum absolute atomic E-state index is 0.452. The number of halogens is 1. The summed E-state index contributed by atoms with van der Waals surface area (Å²) in [5, 5.41) is 0. The van der Waals surface area contributed by atoms with E-state index in [4.69, 9.17) is 13.3 Å². The Morgan fingerprint density at radius 2 is 1.33 bits per heavy atom. The maximum absolute atomic E-state index is 13.5. The smallest absolute Gasteiger partial charge is 0.348 e. The maximum Gasteiger partial charge on any atom is 0.720 e. The zero-order chi connectivity index (χ0) is 8.44. The molecule has 5 heteroatoms. The lowest BCUT2D eigenvalue weighted by molar-refractivity contribution is -0.0229. The molecule has 0 aromatic carbocycles. The monoisotopic (exact) mass is 192 g/mol. The van der Waals surface area contributed by atoms with Gasteiger partial charge in [0.15, 0.2) is 0 Å². The average Bonchev–Trinajstić information content (AvgIpc) is 1.93. The van der Waals surface area contributed by atoms with Crippen LogP contribution in [0.5, 0.6) is 0 Å². The highest BCUT2D eigenvalue weighted by Crippen LogP contribution is 2.25. The summed E-state index contributed by atoms with van der Waals surface area (Å²) >= 11 is 0. The normalized spacial score (nSPS) is 43.2. The van der Waals surface area contributed by atoms with Gasteiger partial charge in [-0.15, -0.1) is 0 Å². The second-order valence-electron chi connectivity index (χ2n) is 3.26. The standard InChI is InChI=1S/C7H13FO3Si/c8-12-9-4-1-7(2-5-10-12)3-6-11-12/h7H,1-6H2. The third kappa shape index (κ3) is 1.85. The average molecular weight is 192 g/mol. The van der Waals surface area contributed by atoms with Crippen LogP contribution in [0.15, 0.2) is 0 Å². The van der Waals surface area contributed by atoms with Gasteiger partial charge in [-0.25, -0.2) is 4.11 Å². The van der Waals surface area contributed by atoms with Gasteiger partial charge in [-0.1, -0.05) is 0 Å². The van der Waals surface area contributed by atoms with E-state index in [-0.39, 0.29) is 0 Å². The minimum Gasteiger partial charge on any atom is -0.348 e. The summed E-state index contributed by atoms with van der Waals surface area (Å²) in [4.78, 5) is 0. The van der Waals surface area contributed by atoms with Crippen LogP contribution in [0, 0.1) is 5.92 Å². The topological polar surface area (TPSA) is 27.7 Å². The molecule has 0 unspecified atom stereocenters. The van der Waals surface area contributed by atoms with Gasteiger partial charge in [0.05, 0.1) is 0 Å². The molecule has 3 nitrogen and oxygen atoms in total. The summed E-state index contributed by atoms with van der Waals surface area (Å²) in [5.41, 5.74) is 0. The minimum atomic E-state index is -3.68. The summed E-state index contributed by atoms with van der Waals surface area (Å²) in [6, 6.07) is 0. The highest BCUT2D eigenvalue weighted by atomic mass is 28.4. The fraction of sp³-hybridized carbons (Fsp3) is 1.00. The lowest BCUT2D eigenvalue weighted by atomic mass is 9.99. The summed E-state index contributed by atoms with van der Waals surface area (Å²) in [5.74, 6) is 0.587. The van der Waals surface area contributed by atoms with E-state index in [1.807, 2.05) is 0 Å². The SMILES string of the molecule is F[Si]12OCCC(CCO1)CCO2. The maximum atomic E-state index is 13.5. The molecule has 0 aromatic rings. The Kier molecular flexibility index (Phi) is 2.45. The van der Waals surface area contributed by atoms with Gasteiger partial charge in [-0.3, -0.25) is 0 Å². The van der Waals surface area contributed by atoms with Crippen molar-refractivity contribution in [3.05, 3.63) is 0 Å². The van der Waals surface area contributed by atoms with Crippen molar-refractivity contribution in [2.75, 3.05) is 19.8 Å². The van der Waals surface area contributed by atoms with Crippen molar-refractivity contribution < 1.29 is 17.4 Å². The number of hydrogen-bond acceptors (Lipinski definition) is 3. The van der Waals surface area contributed by atoms with Crippen LogP contribution in [0.3, 0.4) is 0 Å². The van der Waals surface area contributed by atoms with Crippen LogP contribution in [0.1, 0.15) is 19.3 Å². The molecule has 3 rings (SSSR count). The molecular formula is C7H13FO3Si. The van der Waals surface area contributed by atoms with Crippen molar-refractivity contribution in [3.8, 4) is 0 Å². The van der Waals surface area contributed by atoms with Gasteiger partial charge in [0.2, 0.25) is 0 Å². The predicted octanol–water partition coefficient (Wildman–Crippen LogP) is 1.25. The van der Waals surface area contributed by atoms with Crippen LogP contribution < -0.4 is 0 Å². The van der Waals surface area contributed by atoms with E-state index in [0.717, 1.165) is 19.3 Å². The van der Waals surface area contributed by atoms with Crippen LogP contribution in [0.4, 0.5) is 4.11 Å². The zero-order valence-electron chi connectivity index (χ0n) is 6.92. The third-order valence-corrected chi connectivity index (χ3v) is 4.05. The molecule has 0 atom stereocenters. The largest absolute Gasteiger partial charge is 0.720 e. The lowest BCUT2D eigenvalue weighted by Crippen LogP contribution is -2.46. The van der Waals surface area contributed by atoms with E-state index in [1.165, 1.54) is 0 Å². The summed E-state index contributed by atoms with van der Waals surface area (Å²) < 4.78 is 28.4. The van der Waals surface area contributed by atoms with E-state index < -0.39 is 9.14 Å². The molecule has 3 fully saturated rings. The second kappa shape index (κ2) is 3.41. The van der Waals surface area contributed by atoms with Gasteiger partial charge in [-0.2, -0.15) is 0 Å². The van der Waals surface area contributed by atoms with Gasteiger partial charge in [0.1, 0.15) is 0 Å². The van der Waals surface area contributed by atoms with E-state index in [9.17, 15) is 4.11 Å². The molecule has 0 radical (unpaired) electrons. The molecule has 2 bridgehead atoms. The summed E-state index contributed by atoms with van der Waals surface area (Å²) in [6.45, 7) is 1.36. The highest BCUT2D eigenvalue weighted by Gasteiger charge is 2.46. The van der Waals surface area contributed by atoms with E-state index in [0.29, 0.717) is 25.7 Å². The van der Waals surface area contributed by atoms with E-state index in [2.05, 4.69) is 0 Å². The molecule has 3 aliphatic rings. The first-order valence-corrected chi connectivity index (χ1v) is 5.99. The molecule has 12 heavy (non-hydrogen) atoms. The van der Waals surface area contributed by atoms with Crippen molar-refractivity contribution >= 4 is 9.14 Å². The summed E-state index contributed by atoms with van der Waals surface area (Å²) in [7, 11) is -3.68. The molecule has 0 N–H and O–H groups in total. The van der Waals surface area contributed by atoms with Crippen molar-refractivity contribution in [3.63, 3.8) is 0 Å².